The van der Waals surface area contributed by atoms with E-state index in [1.54, 1.807) is 0 Å². The minimum absolute atomic E-state index is 0.384. The zero-order valence-corrected chi connectivity index (χ0v) is 9.88. The lowest BCUT2D eigenvalue weighted by Gasteiger charge is -2.12. The Kier molecular flexibility index (Phi) is 2.64. The second-order valence-corrected chi connectivity index (χ2v) is 4.81. The first kappa shape index (κ1) is 10.5. The molecule has 1 saturated carbocycles. The standard InChI is InChI=1S/C8H9Cl2N3S/c1-14-7-12-5(9)4(6(10)13-7)8(11)2-3-8/h2-3,11H2,1H3. The number of hydrogen-bond acceptors (Lipinski definition) is 4. The Hall–Kier alpha value is -0.0300. The van der Waals surface area contributed by atoms with Crippen LogP contribution in [0.25, 0.3) is 0 Å². The van der Waals surface area contributed by atoms with Gasteiger partial charge >= 0.3 is 0 Å². The van der Waals surface area contributed by atoms with Crippen molar-refractivity contribution in [2.45, 2.75) is 23.5 Å². The maximum atomic E-state index is 6.01. The lowest BCUT2D eigenvalue weighted by atomic mass is 10.1. The lowest BCUT2D eigenvalue weighted by molar-refractivity contribution is 0.719. The maximum Gasteiger partial charge on any atom is 0.190 e. The highest BCUT2D eigenvalue weighted by Gasteiger charge is 2.44. The van der Waals surface area contributed by atoms with Gasteiger partial charge in [0.1, 0.15) is 10.3 Å². The first-order valence-electron chi connectivity index (χ1n) is 4.13. The number of rotatable bonds is 2. The third-order valence-electron chi connectivity index (χ3n) is 2.27. The molecule has 0 amide bonds. The monoisotopic (exact) mass is 249 g/mol. The number of halogens is 2. The zero-order chi connectivity index (χ0) is 10.3. The van der Waals surface area contributed by atoms with Crippen LogP contribution in [0.5, 0.6) is 0 Å². The first-order valence-corrected chi connectivity index (χ1v) is 6.11. The number of thioether (sulfide) groups is 1. The van der Waals surface area contributed by atoms with Gasteiger partial charge in [0.05, 0.1) is 0 Å². The van der Waals surface area contributed by atoms with Crippen molar-refractivity contribution in [1.82, 2.24) is 9.97 Å². The summed E-state index contributed by atoms with van der Waals surface area (Å²) < 4.78 is 0. The molecular weight excluding hydrogens is 241 g/mol. The third kappa shape index (κ3) is 1.72. The fourth-order valence-electron chi connectivity index (χ4n) is 1.28. The van der Waals surface area contributed by atoms with E-state index in [1.807, 2.05) is 6.26 Å². The van der Waals surface area contributed by atoms with Gasteiger partial charge in [-0.25, -0.2) is 9.97 Å². The molecule has 76 valence electrons. The Morgan fingerprint density at radius 1 is 1.29 bits per heavy atom. The minimum atomic E-state index is -0.384. The molecule has 2 N–H and O–H groups in total. The number of nitrogens with two attached hydrogens (primary N) is 1. The van der Waals surface area contributed by atoms with Crippen LogP contribution in [-0.4, -0.2) is 16.2 Å². The predicted octanol–water partition coefficient (Wildman–Crippen LogP) is 2.45. The van der Waals surface area contributed by atoms with Gasteiger partial charge in [0.25, 0.3) is 0 Å². The van der Waals surface area contributed by atoms with E-state index in [1.165, 1.54) is 11.8 Å². The summed E-state index contributed by atoms with van der Waals surface area (Å²) in [5.41, 5.74) is 6.31. The van der Waals surface area contributed by atoms with Crippen molar-refractivity contribution in [3.63, 3.8) is 0 Å². The summed E-state index contributed by atoms with van der Waals surface area (Å²) in [6.45, 7) is 0. The van der Waals surface area contributed by atoms with Crippen LogP contribution < -0.4 is 5.73 Å². The molecule has 0 spiro atoms. The van der Waals surface area contributed by atoms with Crippen LogP contribution in [-0.2, 0) is 5.54 Å². The molecule has 6 heteroatoms. The van der Waals surface area contributed by atoms with Crippen molar-refractivity contribution in [2.24, 2.45) is 5.73 Å². The van der Waals surface area contributed by atoms with Crippen molar-refractivity contribution in [1.29, 1.82) is 0 Å². The molecule has 0 aliphatic heterocycles. The van der Waals surface area contributed by atoms with E-state index >= 15 is 0 Å². The van der Waals surface area contributed by atoms with Gasteiger partial charge < -0.3 is 5.73 Å². The van der Waals surface area contributed by atoms with Crippen LogP contribution >= 0.6 is 35.0 Å². The van der Waals surface area contributed by atoms with Crippen molar-refractivity contribution in [3.8, 4) is 0 Å². The van der Waals surface area contributed by atoms with Crippen molar-refractivity contribution >= 4 is 35.0 Å². The summed E-state index contributed by atoms with van der Waals surface area (Å²) in [4.78, 5) is 8.22. The van der Waals surface area contributed by atoms with Crippen LogP contribution in [0.4, 0.5) is 0 Å². The highest BCUT2D eigenvalue weighted by atomic mass is 35.5. The normalized spacial score (nSPS) is 18.3. The lowest BCUT2D eigenvalue weighted by Crippen LogP contribution is -2.21. The van der Waals surface area contributed by atoms with E-state index < -0.39 is 0 Å². The molecule has 1 aliphatic rings. The fourth-order valence-corrected chi connectivity index (χ4v) is 2.51. The van der Waals surface area contributed by atoms with Crippen LogP contribution in [0.2, 0.25) is 10.3 Å². The number of hydrogen-bond donors (Lipinski definition) is 1. The molecule has 14 heavy (non-hydrogen) atoms. The molecule has 3 nitrogen and oxygen atoms in total. The van der Waals surface area contributed by atoms with E-state index in [-0.39, 0.29) is 5.54 Å². The molecule has 0 atom stereocenters. The Morgan fingerprint density at radius 2 is 1.79 bits per heavy atom. The van der Waals surface area contributed by atoms with Gasteiger partial charge in [-0.1, -0.05) is 35.0 Å². The van der Waals surface area contributed by atoms with Crippen molar-refractivity contribution in [3.05, 3.63) is 15.9 Å². The molecule has 0 bridgehead atoms. The molecule has 0 saturated heterocycles. The van der Waals surface area contributed by atoms with E-state index in [4.69, 9.17) is 28.9 Å². The first-order chi connectivity index (χ1) is 6.57. The smallest absolute Gasteiger partial charge is 0.190 e. The van der Waals surface area contributed by atoms with Crippen LogP contribution in [0.1, 0.15) is 18.4 Å². The highest BCUT2D eigenvalue weighted by Crippen LogP contribution is 2.47. The second kappa shape index (κ2) is 3.52. The topological polar surface area (TPSA) is 51.8 Å². The number of aromatic nitrogens is 2. The molecule has 0 aromatic carbocycles. The quantitative estimate of drug-likeness (QED) is 0.497. The zero-order valence-electron chi connectivity index (χ0n) is 7.55. The average molecular weight is 250 g/mol. The number of nitrogens with zero attached hydrogens (tertiary/aromatic N) is 2. The summed E-state index contributed by atoms with van der Waals surface area (Å²) >= 11 is 13.4. The Labute approximate surface area is 96.4 Å². The van der Waals surface area contributed by atoms with Crippen LogP contribution in [0, 0.1) is 0 Å². The molecular formula is C8H9Cl2N3S. The molecule has 1 aromatic heterocycles. The fraction of sp³-hybridized carbons (Fsp3) is 0.500. The predicted molar refractivity (Wildman–Crippen MR) is 58.9 cm³/mol. The molecule has 0 radical (unpaired) electrons. The van der Waals surface area contributed by atoms with Gasteiger partial charge in [0, 0.05) is 11.1 Å². The summed E-state index contributed by atoms with van der Waals surface area (Å²) in [5.74, 6) is 0. The maximum absolute atomic E-state index is 6.01. The van der Waals surface area contributed by atoms with E-state index in [9.17, 15) is 0 Å². The van der Waals surface area contributed by atoms with Gasteiger partial charge in [-0.2, -0.15) is 0 Å². The molecule has 1 heterocycles. The summed E-state index contributed by atoms with van der Waals surface area (Å²) in [6, 6.07) is 0. The third-order valence-corrected chi connectivity index (χ3v) is 3.36. The van der Waals surface area contributed by atoms with Gasteiger partial charge in [-0.05, 0) is 19.1 Å². The summed E-state index contributed by atoms with van der Waals surface area (Å²) in [6.07, 6.45) is 3.67. The Balaban J connectivity index is 2.50. The van der Waals surface area contributed by atoms with Gasteiger partial charge in [-0.15, -0.1) is 0 Å². The van der Waals surface area contributed by atoms with Crippen LogP contribution in [0.3, 0.4) is 0 Å². The average Bonchev–Trinajstić information content (AvgIpc) is 2.82. The molecule has 0 unspecified atom stereocenters. The molecule has 1 fully saturated rings. The van der Waals surface area contributed by atoms with Gasteiger partial charge in [-0.3, -0.25) is 0 Å². The van der Waals surface area contributed by atoms with Gasteiger partial charge in [0.2, 0.25) is 0 Å². The SMILES string of the molecule is CSc1nc(Cl)c(C2(N)CC2)c(Cl)n1. The van der Waals surface area contributed by atoms with E-state index in [2.05, 4.69) is 9.97 Å². The largest absolute Gasteiger partial charge is 0.321 e. The Morgan fingerprint density at radius 3 is 2.14 bits per heavy atom. The molecule has 2 rings (SSSR count). The molecule has 1 aliphatic carbocycles. The van der Waals surface area contributed by atoms with Crippen molar-refractivity contribution < 1.29 is 0 Å². The summed E-state index contributed by atoms with van der Waals surface area (Å²) in [7, 11) is 0. The van der Waals surface area contributed by atoms with E-state index in [0.717, 1.165) is 12.8 Å². The summed E-state index contributed by atoms with van der Waals surface area (Å²) in [5, 5.41) is 1.34. The van der Waals surface area contributed by atoms with E-state index in [0.29, 0.717) is 21.0 Å². The minimum Gasteiger partial charge on any atom is -0.321 e. The second-order valence-electron chi connectivity index (χ2n) is 3.32. The van der Waals surface area contributed by atoms with Crippen LogP contribution in [0.15, 0.2) is 5.16 Å². The van der Waals surface area contributed by atoms with Crippen molar-refractivity contribution in [2.75, 3.05) is 6.26 Å². The highest BCUT2D eigenvalue weighted by molar-refractivity contribution is 7.98. The Bertz CT molecular complexity index is 356. The van der Waals surface area contributed by atoms with Gasteiger partial charge in [0.15, 0.2) is 5.16 Å². The molecule has 1 aromatic rings.